The number of hydrogen-bond donors (Lipinski definition) is 2. The second-order valence-corrected chi connectivity index (χ2v) is 5.54. The molecule has 24 heavy (non-hydrogen) atoms. The van der Waals surface area contributed by atoms with Crippen LogP contribution in [0.5, 0.6) is 5.75 Å². The van der Waals surface area contributed by atoms with Gasteiger partial charge in [-0.1, -0.05) is 49.4 Å². The SMILES string of the molecule is CCc1ccccc1CNC(=NC)NCCc1ccccc1OC. The van der Waals surface area contributed by atoms with Gasteiger partial charge in [-0.3, -0.25) is 4.99 Å². The molecule has 2 aromatic carbocycles. The monoisotopic (exact) mass is 325 g/mol. The molecule has 0 spiro atoms. The molecule has 0 saturated carbocycles. The van der Waals surface area contributed by atoms with E-state index >= 15 is 0 Å². The molecule has 0 atom stereocenters. The summed E-state index contributed by atoms with van der Waals surface area (Å²) in [6, 6.07) is 16.6. The van der Waals surface area contributed by atoms with Crippen LogP contribution in [-0.2, 0) is 19.4 Å². The Labute approximate surface area is 145 Å². The van der Waals surface area contributed by atoms with E-state index < -0.39 is 0 Å². The van der Waals surface area contributed by atoms with Crippen molar-refractivity contribution in [2.24, 2.45) is 4.99 Å². The minimum atomic E-state index is 0.776. The highest BCUT2D eigenvalue weighted by atomic mass is 16.5. The van der Waals surface area contributed by atoms with Crippen molar-refractivity contribution < 1.29 is 4.74 Å². The third-order valence-electron chi connectivity index (χ3n) is 4.05. The molecule has 0 aliphatic rings. The van der Waals surface area contributed by atoms with E-state index in [0.29, 0.717) is 0 Å². The molecular weight excluding hydrogens is 298 g/mol. The Bertz CT molecular complexity index is 667. The maximum Gasteiger partial charge on any atom is 0.191 e. The van der Waals surface area contributed by atoms with Gasteiger partial charge in [-0.15, -0.1) is 0 Å². The third kappa shape index (κ3) is 5.01. The summed E-state index contributed by atoms with van der Waals surface area (Å²) in [7, 11) is 3.50. The normalized spacial score (nSPS) is 11.2. The van der Waals surface area contributed by atoms with Gasteiger partial charge in [0.05, 0.1) is 7.11 Å². The molecule has 0 radical (unpaired) electrons. The summed E-state index contributed by atoms with van der Waals surface area (Å²) in [5.74, 6) is 1.75. The largest absolute Gasteiger partial charge is 0.496 e. The van der Waals surface area contributed by atoms with Crippen LogP contribution in [0.25, 0.3) is 0 Å². The van der Waals surface area contributed by atoms with Gasteiger partial charge in [0, 0.05) is 20.1 Å². The molecular formula is C20H27N3O. The van der Waals surface area contributed by atoms with Crippen molar-refractivity contribution in [2.45, 2.75) is 26.3 Å². The lowest BCUT2D eigenvalue weighted by molar-refractivity contribution is 0.409. The second kappa shape index (κ2) is 9.60. The van der Waals surface area contributed by atoms with Gasteiger partial charge in [-0.2, -0.15) is 0 Å². The van der Waals surface area contributed by atoms with Crippen LogP contribution in [0.1, 0.15) is 23.6 Å². The van der Waals surface area contributed by atoms with Gasteiger partial charge in [0.1, 0.15) is 5.75 Å². The number of methoxy groups -OCH3 is 1. The van der Waals surface area contributed by atoms with Crippen LogP contribution in [0.3, 0.4) is 0 Å². The van der Waals surface area contributed by atoms with Crippen LogP contribution in [0.2, 0.25) is 0 Å². The standard InChI is InChI=1S/C20H27N3O/c1-4-16-9-5-6-11-18(16)15-23-20(21-2)22-14-13-17-10-7-8-12-19(17)24-3/h5-12H,4,13-15H2,1-3H3,(H2,21,22,23). The van der Waals surface area contributed by atoms with Crippen molar-refractivity contribution >= 4 is 5.96 Å². The van der Waals surface area contributed by atoms with Crippen LogP contribution in [0.15, 0.2) is 53.5 Å². The van der Waals surface area contributed by atoms with Gasteiger partial charge in [0.25, 0.3) is 0 Å². The van der Waals surface area contributed by atoms with Crippen molar-refractivity contribution in [3.8, 4) is 5.75 Å². The first kappa shape index (κ1) is 17.9. The molecule has 2 aromatic rings. The molecule has 0 aliphatic heterocycles. The fraction of sp³-hybridized carbons (Fsp3) is 0.350. The number of hydrogen-bond acceptors (Lipinski definition) is 2. The number of benzene rings is 2. The van der Waals surface area contributed by atoms with E-state index in [1.807, 2.05) is 18.2 Å². The number of aliphatic imine (C=N–C) groups is 1. The summed E-state index contributed by atoms with van der Waals surface area (Å²) in [6.07, 6.45) is 1.92. The minimum Gasteiger partial charge on any atom is -0.496 e. The summed E-state index contributed by atoms with van der Waals surface area (Å²) in [6.45, 7) is 3.76. The predicted molar refractivity (Wildman–Crippen MR) is 101 cm³/mol. The first-order chi connectivity index (χ1) is 11.8. The van der Waals surface area contributed by atoms with E-state index in [1.54, 1.807) is 14.2 Å². The number of nitrogens with zero attached hydrogens (tertiary/aromatic N) is 1. The van der Waals surface area contributed by atoms with Crippen LogP contribution in [0, 0.1) is 0 Å². The van der Waals surface area contributed by atoms with Gasteiger partial charge >= 0.3 is 0 Å². The van der Waals surface area contributed by atoms with E-state index in [0.717, 1.165) is 37.6 Å². The molecule has 0 heterocycles. The third-order valence-corrected chi connectivity index (χ3v) is 4.05. The first-order valence-corrected chi connectivity index (χ1v) is 8.41. The molecule has 0 fully saturated rings. The average Bonchev–Trinajstić information content (AvgIpc) is 2.65. The zero-order chi connectivity index (χ0) is 17.2. The first-order valence-electron chi connectivity index (χ1n) is 8.41. The highest BCUT2D eigenvalue weighted by Crippen LogP contribution is 2.17. The molecule has 128 valence electrons. The van der Waals surface area contributed by atoms with Crippen LogP contribution >= 0.6 is 0 Å². The molecule has 0 aliphatic carbocycles. The van der Waals surface area contributed by atoms with E-state index in [2.05, 4.69) is 52.9 Å². The van der Waals surface area contributed by atoms with E-state index in [-0.39, 0.29) is 0 Å². The Kier molecular flexibility index (Phi) is 7.15. The van der Waals surface area contributed by atoms with Gasteiger partial charge < -0.3 is 15.4 Å². The molecule has 0 amide bonds. The molecule has 4 heteroatoms. The molecule has 0 bridgehead atoms. The van der Waals surface area contributed by atoms with E-state index in [4.69, 9.17) is 4.74 Å². The number of rotatable bonds is 7. The second-order valence-electron chi connectivity index (χ2n) is 5.54. The Morgan fingerprint density at radius 3 is 2.29 bits per heavy atom. The maximum absolute atomic E-state index is 5.39. The lowest BCUT2D eigenvalue weighted by atomic mass is 10.1. The summed E-state index contributed by atoms with van der Waals surface area (Å²) >= 11 is 0. The fourth-order valence-corrected chi connectivity index (χ4v) is 2.70. The van der Waals surface area contributed by atoms with Gasteiger partial charge in [-0.05, 0) is 35.6 Å². The molecule has 0 aromatic heterocycles. The Morgan fingerprint density at radius 1 is 0.958 bits per heavy atom. The molecule has 2 N–H and O–H groups in total. The minimum absolute atomic E-state index is 0.776. The van der Waals surface area contributed by atoms with Crippen molar-refractivity contribution in [2.75, 3.05) is 20.7 Å². The number of ether oxygens (including phenoxy) is 1. The quantitative estimate of drug-likeness (QED) is 0.607. The lowest BCUT2D eigenvalue weighted by Gasteiger charge is -2.14. The highest BCUT2D eigenvalue weighted by molar-refractivity contribution is 5.79. The topological polar surface area (TPSA) is 45.7 Å². The summed E-state index contributed by atoms with van der Waals surface area (Å²) in [5.41, 5.74) is 3.88. The zero-order valence-electron chi connectivity index (χ0n) is 14.8. The van der Waals surface area contributed by atoms with Crippen LogP contribution < -0.4 is 15.4 Å². The lowest BCUT2D eigenvalue weighted by Crippen LogP contribution is -2.38. The van der Waals surface area contributed by atoms with Gasteiger partial charge in [-0.25, -0.2) is 0 Å². The maximum atomic E-state index is 5.39. The number of nitrogens with one attached hydrogen (secondary N) is 2. The molecule has 0 unspecified atom stereocenters. The number of aryl methyl sites for hydroxylation is 1. The zero-order valence-corrected chi connectivity index (χ0v) is 14.8. The number of guanidine groups is 1. The van der Waals surface area contributed by atoms with Crippen molar-refractivity contribution in [1.82, 2.24) is 10.6 Å². The van der Waals surface area contributed by atoms with Gasteiger partial charge in [0.2, 0.25) is 0 Å². The molecule has 2 rings (SSSR count). The highest BCUT2D eigenvalue weighted by Gasteiger charge is 2.04. The molecule has 0 saturated heterocycles. The summed E-state index contributed by atoms with van der Waals surface area (Å²) < 4.78 is 5.39. The molecule has 4 nitrogen and oxygen atoms in total. The Balaban J connectivity index is 1.84. The Hall–Kier alpha value is -2.49. The van der Waals surface area contributed by atoms with Crippen molar-refractivity contribution in [3.05, 3.63) is 65.2 Å². The summed E-state index contributed by atoms with van der Waals surface area (Å²) in [5, 5.41) is 6.74. The van der Waals surface area contributed by atoms with E-state index in [1.165, 1.54) is 16.7 Å². The van der Waals surface area contributed by atoms with Crippen LogP contribution in [0.4, 0.5) is 0 Å². The van der Waals surface area contributed by atoms with Crippen LogP contribution in [-0.4, -0.2) is 26.7 Å². The smallest absolute Gasteiger partial charge is 0.191 e. The average molecular weight is 325 g/mol. The fourth-order valence-electron chi connectivity index (χ4n) is 2.70. The van der Waals surface area contributed by atoms with Crippen molar-refractivity contribution in [3.63, 3.8) is 0 Å². The Morgan fingerprint density at radius 2 is 1.62 bits per heavy atom. The predicted octanol–water partition coefficient (Wildman–Crippen LogP) is 3.17. The van der Waals surface area contributed by atoms with E-state index in [9.17, 15) is 0 Å². The summed E-state index contributed by atoms with van der Waals surface area (Å²) in [4.78, 5) is 4.30. The van der Waals surface area contributed by atoms with Crippen molar-refractivity contribution in [1.29, 1.82) is 0 Å². The van der Waals surface area contributed by atoms with Gasteiger partial charge in [0.15, 0.2) is 5.96 Å². The number of para-hydroxylation sites is 1.